The number of rotatable bonds is 5. The molecule has 3 rings (SSSR count). The molecular weight excluding hydrogens is 342 g/mol. The molecule has 0 saturated carbocycles. The van der Waals surface area contributed by atoms with Gasteiger partial charge < -0.3 is 10.1 Å². The van der Waals surface area contributed by atoms with Gasteiger partial charge in [0.25, 0.3) is 5.91 Å². The number of aromatic nitrogens is 2. The number of carbonyl (C=O) groups excluding carboxylic acids is 1. The number of thiazole rings is 1. The zero-order chi connectivity index (χ0) is 15.5. The molecule has 0 radical (unpaired) electrons. The van der Waals surface area contributed by atoms with Crippen molar-refractivity contribution in [2.45, 2.75) is 13.3 Å². The van der Waals surface area contributed by atoms with E-state index in [1.165, 1.54) is 11.5 Å². The minimum absolute atomic E-state index is 0.0919. The Bertz CT molecular complexity index is 815. The number of aryl methyl sites for hydroxylation is 1. The van der Waals surface area contributed by atoms with Crippen LogP contribution in [0.25, 0.3) is 10.2 Å². The van der Waals surface area contributed by atoms with E-state index in [1.54, 1.807) is 16.8 Å². The van der Waals surface area contributed by atoms with Crippen LogP contribution in [0.5, 0.6) is 5.75 Å². The second-order valence-electron chi connectivity index (χ2n) is 4.44. The summed E-state index contributed by atoms with van der Waals surface area (Å²) in [6, 6.07) is 5.56. The molecule has 5 nitrogen and oxygen atoms in total. The van der Waals surface area contributed by atoms with Gasteiger partial charge in [0.2, 0.25) is 0 Å². The number of anilines is 1. The Morgan fingerprint density at radius 1 is 1.45 bits per heavy atom. The van der Waals surface area contributed by atoms with Crippen molar-refractivity contribution in [3.05, 3.63) is 34.4 Å². The first kappa shape index (κ1) is 15.2. The van der Waals surface area contributed by atoms with Crippen LogP contribution in [0.15, 0.2) is 23.7 Å². The number of hydrogen-bond acceptors (Lipinski definition) is 6. The number of hydrogen-bond donors (Lipinski definition) is 1. The molecular formula is C14H12ClN3O2S2. The maximum absolute atomic E-state index is 11.9. The van der Waals surface area contributed by atoms with Gasteiger partial charge in [0.05, 0.1) is 26.4 Å². The highest BCUT2D eigenvalue weighted by atomic mass is 35.5. The van der Waals surface area contributed by atoms with E-state index >= 15 is 0 Å². The molecule has 0 unspecified atom stereocenters. The third-order valence-corrected chi connectivity index (χ3v) is 5.09. The first-order chi connectivity index (χ1) is 10.7. The zero-order valence-corrected chi connectivity index (χ0v) is 14.0. The molecule has 8 heteroatoms. The number of benzene rings is 1. The molecule has 0 aliphatic carbocycles. The van der Waals surface area contributed by atoms with Crippen molar-refractivity contribution < 1.29 is 9.53 Å². The van der Waals surface area contributed by atoms with Gasteiger partial charge in [-0.2, -0.15) is 4.37 Å². The largest absolute Gasteiger partial charge is 0.484 e. The van der Waals surface area contributed by atoms with E-state index in [-0.39, 0.29) is 12.5 Å². The van der Waals surface area contributed by atoms with E-state index in [2.05, 4.69) is 14.7 Å². The first-order valence-corrected chi connectivity index (χ1v) is 8.60. The van der Waals surface area contributed by atoms with Gasteiger partial charge in [-0.1, -0.05) is 18.5 Å². The normalized spacial score (nSPS) is 10.8. The van der Waals surface area contributed by atoms with Crippen molar-refractivity contribution in [1.29, 1.82) is 0 Å². The van der Waals surface area contributed by atoms with Crippen LogP contribution >= 0.6 is 34.5 Å². The third kappa shape index (κ3) is 3.21. The summed E-state index contributed by atoms with van der Waals surface area (Å²) in [6.07, 6.45) is 0.732. The Balaban J connectivity index is 1.60. The van der Waals surface area contributed by atoms with Crippen molar-refractivity contribution >= 4 is 55.6 Å². The lowest BCUT2D eigenvalue weighted by Crippen LogP contribution is -2.19. The quantitative estimate of drug-likeness (QED) is 0.753. The van der Waals surface area contributed by atoms with E-state index in [4.69, 9.17) is 16.3 Å². The fourth-order valence-corrected chi connectivity index (χ4v) is 3.66. The van der Waals surface area contributed by atoms with E-state index in [0.717, 1.165) is 22.3 Å². The van der Waals surface area contributed by atoms with E-state index in [1.807, 2.05) is 25.1 Å². The average molecular weight is 354 g/mol. The van der Waals surface area contributed by atoms with Crippen molar-refractivity contribution in [1.82, 2.24) is 9.36 Å². The molecule has 2 aromatic heterocycles. The molecule has 0 aliphatic rings. The molecule has 0 saturated heterocycles. The number of halogens is 1. The lowest BCUT2D eigenvalue weighted by molar-refractivity contribution is -0.118. The van der Waals surface area contributed by atoms with E-state index in [0.29, 0.717) is 15.8 Å². The van der Waals surface area contributed by atoms with Gasteiger partial charge in [-0.15, -0.1) is 11.3 Å². The maximum atomic E-state index is 11.9. The topological polar surface area (TPSA) is 64.1 Å². The Labute approximate surface area is 140 Å². The van der Waals surface area contributed by atoms with Crippen molar-refractivity contribution in [3.63, 3.8) is 0 Å². The molecule has 1 N–H and O–H groups in total. The summed E-state index contributed by atoms with van der Waals surface area (Å²) in [5.41, 5.74) is 3.43. The molecule has 3 aromatic rings. The fourth-order valence-electron chi connectivity index (χ4n) is 1.85. The lowest BCUT2D eigenvalue weighted by Gasteiger charge is -2.06. The van der Waals surface area contributed by atoms with Gasteiger partial charge in [-0.05, 0) is 30.1 Å². The summed E-state index contributed by atoms with van der Waals surface area (Å²) in [7, 11) is 0. The molecule has 1 aromatic carbocycles. The number of fused-ring (bicyclic) bond motifs is 1. The molecule has 2 heterocycles. The standard InChI is InChI=1S/C14H12ClN3O2S2/c1-2-9-13(15)14(22-18-9)17-12(19)6-20-8-3-4-11-10(5-8)16-7-21-11/h3-5,7H,2,6H2,1H3,(H,17,19). The molecule has 0 atom stereocenters. The van der Waals surface area contributed by atoms with Gasteiger partial charge >= 0.3 is 0 Å². The number of nitrogens with zero attached hydrogens (tertiary/aromatic N) is 2. The molecule has 22 heavy (non-hydrogen) atoms. The highest BCUT2D eigenvalue weighted by Gasteiger charge is 2.13. The number of ether oxygens (including phenoxy) is 1. The van der Waals surface area contributed by atoms with Crippen molar-refractivity contribution in [3.8, 4) is 5.75 Å². The monoisotopic (exact) mass is 353 g/mol. The van der Waals surface area contributed by atoms with Crippen LogP contribution in [0.4, 0.5) is 5.00 Å². The van der Waals surface area contributed by atoms with Crippen LogP contribution in [0.2, 0.25) is 5.02 Å². The highest BCUT2D eigenvalue weighted by molar-refractivity contribution is 7.16. The maximum Gasteiger partial charge on any atom is 0.262 e. The summed E-state index contributed by atoms with van der Waals surface area (Å²) in [4.78, 5) is 16.1. The van der Waals surface area contributed by atoms with Crippen molar-refractivity contribution in [2.75, 3.05) is 11.9 Å². The highest BCUT2D eigenvalue weighted by Crippen LogP contribution is 2.30. The Kier molecular flexibility index (Phi) is 4.56. The molecule has 0 bridgehead atoms. The summed E-state index contributed by atoms with van der Waals surface area (Å²) in [5, 5.41) is 3.78. The Morgan fingerprint density at radius 3 is 3.09 bits per heavy atom. The van der Waals surface area contributed by atoms with Crippen LogP contribution in [0.1, 0.15) is 12.6 Å². The van der Waals surface area contributed by atoms with E-state index < -0.39 is 0 Å². The van der Waals surface area contributed by atoms with Gasteiger partial charge in [0.15, 0.2) is 6.61 Å². The summed E-state index contributed by atoms with van der Waals surface area (Å²) in [6.45, 7) is 1.87. The third-order valence-electron chi connectivity index (χ3n) is 2.96. The van der Waals surface area contributed by atoms with Gasteiger partial charge in [0.1, 0.15) is 10.8 Å². The lowest BCUT2D eigenvalue weighted by atomic mass is 10.3. The first-order valence-electron chi connectivity index (χ1n) is 6.57. The molecule has 0 fully saturated rings. The smallest absolute Gasteiger partial charge is 0.262 e. The summed E-state index contributed by atoms with van der Waals surface area (Å²) >= 11 is 8.86. The molecule has 1 amide bonds. The minimum Gasteiger partial charge on any atom is -0.484 e. The van der Waals surface area contributed by atoms with Gasteiger partial charge in [0, 0.05) is 6.07 Å². The second-order valence-corrected chi connectivity index (χ2v) is 6.48. The number of nitrogens with one attached hydrogen (secondary N) is 1. The fraction of sp³-hybridized carbons (Fsp3) is 0.214. The minimum atomic E-state index is -0.272. The number of amides is 1. The van der Waals surface area contributed by atoms with Crippen molar-refractivity contribution in [2.24, 2.45) is 0 Å². The van der Waals surface area contributed by atoms with Crippen LogP contribution in [-0.4, -0.2) is 21.9 Å². The van der Waals surface area contributed by atoms with Crippen LogP contribution < -0.4 is 10.1 Å². The zero-order valence-electron chi connectivity index (χ0n) is 11.6. The van der Waals surface area contributed by atoms with Crippen LogP contribution in [-0.2, 0) is 11.2 Å². The predicted molar refractivity (Wildman–Crippen MR) is 90.2 cm³/mol. The predicted octanol–water partition coefficient (Wildman–Crippen LogP) is 3.99. The van der Waals surface area contributed by atoms with Gasteiger partial charge in [-0.25, -0.2) is 4.98 Å². The summed E-state index contributed by atoms with van der Waals surface area (Å²) < 4.78 is 10.7. The second kappa shape index (κ2) is 6.60. The Hall–Kier alpha value is -1.70. The molecule has 0 aliphatic heterocycles. The molecule has 0 spiro atoms. The SMILES string of the molecule is CCc1nsc(NC(=O)COc2ccc3scnc3c2)c1Cl. The van der Waals surface area contributed by atoms with Crippen LogP contribution in [0, 0.1) is 0 Å². The summed E-state index contributed by atoms with van der Waals surface area (Å²) in [5.74, 6) is 0.338. The molecule has 114 valence electrons. The average Bonchev–Trinajstić information content (AvgIpc) is 3.12. The van der Waals surface area contributed by atoms with E-state index in [9.17, 15) is 4.79 Å². The number of carbonyl (C=O) groups is 1. The van der Waals surface area contributed by atoms with Gasteiger partial charge in [-0.3, -0.25) is 4.79 Å². The van der Waals surface area contributed by atoms with Crippen LogP contribution in [0.3, 0.4) is 0 Å². The Morgan fingerprint density at radius 2 is 2.32 bits per heavy atom.